The van der Waals surface area contributed by atoms with Crippen LogP contribution in [0.3, 0.4) is 0 Å². The molecule has 0 bridgehead atoms. The van der Waals surface area contributed by atoms with Crippen molar-refractivity contribution in [2.24, 2.45) is 5.73 Å². The number of hydrogen-bond donors (Lipinski definition) is 2. The third-order valence-electron chi connectivity index (χ3n) is 5.14. The number of rotatable bonds is 2. The van der Waals surface area contributed by atoms with Crippen molar-refractivity contribution >= 4 is 70.9 Å². The van der Waals surface area contributed by atoms with Crippen molar-refractivity contribution in [3.8, 4) is 0 Å². The van der Waals surface area contributed by atoms with E-state index in [-0.39, 0.29) is 18.0 Å². The first-order chi connectivity index (χ1) is 16.3. The molecule has 2 atom stereocenters. The van der Waals surface area contributed by atoms with Crippen LogP contribution in [0.4, 0.5) is 5.69 Å². The predicted molar refractivity (Wildman–Crippen MR) is 142 cm³/mol. The van der Waals surface area contributed by atoms with Crippen LogP contribution in [0, 0.1) is 0 Å². The van der Waals surface area contributed by atoms with Gasteiger partial charge < -0.3 is 25.3 Å². The molecule has 0 amide bonds. The molecular weight excluding hydrogens is 588 g/mol. The number of methoxy groups -OCH3 is 2. The maximum Gasteiger partial charge on any atom is 0.348 e. The van der Waals surface area contributed by atoms with Gasteiger partial charge in [0.2, 0.25) is 0 Å². The number of benzene rings is 2. The summed E-state index contributed by atoms with van der Waals surface area (Å²) in [7, 11) is 2.80. The highest BCUT2D eigenvalue weighted by Crippen LogP contribution is 2.30. The molecule has 0 spiro atoms. The largest absolute Gasteiger partial charge is 0.467 e. The van der Waals surface area contributed by atoms with Gasteiger partial charge in [-0.2, -0.15) is 0 Å². The highest BCUT2D eigenvalue weighted by Gasteiger charge is 2.27. The van der Waals surface area contributed by atoms with E-state index >= 15 is 0 Å². The Balaban J connectivity index is 0.000000154. The molecular formula is C24H26Br2N2O5S. The Morgan fingerprint density at radius 2 is 1.82 bits per heavy atom. The van der Waals surface area contributed by atoms with Crippen LogP contribution in [0.2, 0.25) is 0 Å². The van der Waals surface area contributed by atoms with E-state index in [2.05, 4.69) is 46.7 Å². The molecule has 1 fully saturated rings. The van der Waals surface area contributed by atoms with Gasteiger partial charge in [0.1, 0.15) is 10.9 Å². The second kappa shape index (κ2) is 12.6. The summed E-state index contributed by atoms with van der Waals surface area (Å²) in [5, 5.41) is 4.19. The van der Waals surface area contributed by atoms with Crippen molar-refractivity contribution in [2.75, 3.05) is 32.8 Å². The number of nitrogens with one attached hydrogen (secondary N) is 1. The zero-order valence-corrected chi connectivity index (χ0v) is 22.8. The summed E-state index contributed by atoms with van der Waals surface area (Å²) in [4.78, 5) is 23.2. The molecule has 182 valence electrons. The molecule has 3 heterocycles. The summed E-state index contributed by atoms with van der Waals surface area (Å²) in [6.45, 7) is 1.63. The average Bonchev–Trinajstić information content (AvgIpc) is 3.57. The number of thiophene rings is 1. The molecule has 3 N–H and O–H groups in total. The minimum absolute atomic E-state index is 0.211. The summed E-state index contributed by atoms with van der Waals surface area (Å²) in [5.41, 5.74) is 7.57. The van der Waals surface area contributed by atoms with Gasteiger partial charge >= 0.3 is 11.9 Å². The minimum Gasteiger partial charge on any atom is -0.467 e. The molecule has 2 unspecified atom stereocenters. The van der Waals surface area contributed by atoms with E-state index in [0.29, 0.717) is 17.3 Å². The highest BCUT2D eigenvalue weighted by atomic mass is 79.9. The van der Waals surface area contributed by atoms with Gasteiger partial charge in [-0.1, -0.05) is 44.0 Å². The van der Waals surface area contributed by atoms with Crippen LogP contribution in [0.25, 0.3) is 10.1 Å². The Morgan fingerprint density at radius 3 is 2.44 bits per heavy atom. The number of anilines is 1. The van der Waals surface area contributed by atoms with Crippen molar-refractivity contribution < 1.29 is 23.8 Å². The monoisotopic (exact) mass is 612 g/mol. The van der Waals surface area contributed by atoms with Gasteiger partial charge in [0.25, 0.3) is 0 Å². The van der Waals surface area contributed by atoms with Crippen molar-refractivity contribution in [2.45, 2.75) is 24.9 Å². The summed E-state index contributed by atoms with van der Waals surface area (Å²) in [5.74, 6) is -0.486. The van der Waals surface area contributed by atoms with Crippen LogP contribution in [-0.2, 0) is 25.4 Å². The zero-order chi connectivity index (χ0) is 24.7. The Labute approximate surface area is 219 Å². The van der Waals surface area contributed by atoms with Crippen LogP contribution < -0.4 is 11.1 Å². The lowest BCUT2D eigenvalue weighted by atomic mass is 10.1. The molecule has 2 aliphatic rings. The van der Waals surface area contributed by atoms with Gasteiger partial charge in [0.05, 0.1) is 20.8 Å². The first-order valence-corrected chi connectivity index (χ1v) is 12.9. The summed E-state index contributed by atoms with van der Waals surface area (Å²) < 4.78 is 17.4. The molecule has 3 aromatic rings. The fourth-order valence-corrected chi connectivity index (χ4v) is 5.26. The second-order valence-electron chi connectivity index (χ2n) is 7.63. The van der Waals surface area contributed by atoms with Crippen molar-refractivity contribution in [3.63, 3.8) is 0 Å². The maximum absolute atomic E-state index is 11.3. The molecule has 2 aromatic carbocycles. The molecule has 0 radical (unpaired) electrons. The lowest BCUT2D eigenvalue weighted by Gasteiger charge is -2.07. The van der Waals surface area contributed by atoms with Crippen molar-refractivity contribution in [1.82, 2.24) is 0 Å². The molecule has 7 nitrogen and oxygen atoms in total. The molecule has 0 saturated carbocycles. The van der Waals surface area contributed by atoms with Crippen molar-refractivity contribution in [3.05, 3.63) is 61.9 Å². The summed E-state index contributed by atoms with van der Waals surface area (Å²) >= 11 is 8.21. The normalized spacial score (nSPS) is 18.0. The van der Waals surface area contributed by atoms with E-state index in [9.17, 15) is 9.59 Å². The quantitative estimate of drug-likeness (QED) is 0.386. The molecule has 10 heteroatoms. The number of ether oxygens (including phenoxy) is 3. The fraction of sp³-hybridized carbons (Fsp3) is 0.333. The van der Waals surface area contributed by atoms with Crippen LogP contribution in [0.15, 0.2) is 51.4 Å². The lowest BCUT2D eigenvalue weighted by Crippen LogP contribution is -2.27. The van der Waals surface area contributed by atoms with E-state index in [4.69, 9.17) is 10.5 Å². The molecule has 34 heavy (non-hydrogen) atoms. The first kappa shape index (κ1) is 26.6. The summed E-state index contributed by atoms with van der Waals surface area (Å²) in [6.07, 6.45) is 1.75. The van der Waals surface area contributed by atoms with Crippen LogP contribution in [0.1, 0.15) is 21.7 Å². The Bertz CT molecular complexity index is 1150. The van der Waals surface area contributed by atoms with Crippen LogP contribution in [-0.4, -0.2) is 51.5 Å². The second-order valence-corrected chi connectivity index (χ2v) is 10.5. The zero-order valence-electron chi connectivity index (χ0n) is 18.8. The van der Waals surface area contributed by atoms with Gasteiger partial charge in [-0.05, 0) is 47.7 Å². The molecule has 1 aromatic heterocycles. The topological polar surface area (TPSA) is 99.9 Å². The maximum atomic E-state index is 11.3. The number of hydrogen-bond acceptors (Lipinski definition) is 8. The van der Waals surface area contributed by atoms with Crippen LogP contribution >= 0.6 is 43.2 Å². The van der Waals surface area contributed by atoms with E-state index in [1.165, 1.54) is 25.6 Å². The number of carbonyl (C=O) groups excluding carboxylic acids is 2. The third kappa shape index (κ3) is 7.26. The minimum atomic E-state index is -0.276. The van der Waals surface area contributed by atoms with E-state index < -0.39 is 0 Å². The fourth-order valence-electron chi connectivity index (χ4n) is 3.36. The van der Waals surface area contributed by atoms with E-state index in [1.807, 2.05) is 42.5 Å². The first-order valence-electron chi connectivity index (χ1n) is 10.5. The van der Waals surface area contributed by atoms with E-state index in [1.54, 1.807) is 0 Å². The Kier molecular flexibility index (Phi) is 9.90. The number of halogens is 2. The van der Waals surface area contributed by atoms with Gasteiger partial charge in [-0.15, -0.1) is 11.3 Å². The standard InChI is InChI=1S/C10H10BrNO2.C10H7BrO2S.C4H9NO/c1-14-10(13)9-4-6-2-3-7(11)5-8(6)12-9;1-13-10(12)9-4-6-2-3-7(11)5-8(6)14-9;5-4-1-2-6-3-4/h2-3,5,9,12H,4H2,1H3;2-5H,1H3;4H,1-3,5H2. The number of esters is 2. The SMILES string of the molecule is COC(=O)C1Cc2ccc(Br)cc2N1.COC(=O)c1cc2ccc(Br)cc2s1.NC1CCOC1. The molecule has 1 saturated heterocycles. The molecule has 5 rings (SSSR count). The highest BCUT2D eigenvalue weighted by molar-refractivity contribution is 9.10. The number of carbonyl (C=O) groups is 2. The lowest BCUT2D eigenvalue weighted by molar-refractivity contribution is -0.141. The van der Waals surface area contributed by atoms with E-state index in [0.717, 1.165) is 49.9 Å². The Hall–Kier alpha value is -1.98. The van der Waals surface area contributed by atoms with Crippen LogP contribution in [0.5, 0.6) is 0 Å². The Morgan fingerprint density at radius 1 is 1.09 bits per heavy atom. The number of nitrogens with two attached hydrogens (primary N) is 1. The van der Waals surface area contributed by atoms with Gasteiger partial charge in [-0.25, -0.2) is 9.59 Å². The average molecular weight is 614 g/mol. The third-order valence-corrected chi connectivity index (χ3v) is 7.21. The van der Waals surface area contributed by atoms with Gasteiger partial charge in [0, 0.05) is 38.4 Å². The number of fused-ring (bicyclic) bond motifs is 2. The van der Waals surface area contributed by atoms with Crippen molar-refractivity contribution in [1.29, 1.82) is 0 Å². The molecule has 0 aliphatic carbocycles. The van der Waals surface area contributed by atoms with Gasteiger partial charge in [-0.3, -0.25) is 0 Å². The molecule has 2 aliphatic heterocycles. The predicted octanol–water partition coefficient (Wildman–Crippen LogP) is 5.14. The summed E-state index contributed by atoms with van der Waals surface area (Å²) in [6, 6.07) is 13.8. The van der Waals surface area contributed by atoms with Gasteiger partial charge in [0.15, 0.2) is 0 Å². The smallest absolute Gasteiger partial charge is 0.348 e.